The van der Waals surface area contributed by atoms with Gasteiger partial charge in [-0.25, -0.2) is 0 Å². The van der Waals surface area contributed by atoms with Crippen LogP contribution in [0.3, 0.4) is 0 Å². The highest BCUT2D eigenvalue weighted by atomic mass is 16.3. The van der Waals surface area contributed by atoms with Gasteiger partial charge in [-0.05, 0) is 12.1 Å². The Morgan fingerprint density at radius 2 is 1.88 bits per heavy atom. The summed E-state index contributed by atoms with van der Waals surface area (Å²) in [6.07, 6.45) is 0. The first-order valence-corrected chi connectivity index (χ1v) is 8.05. The highest BCUT2D eigenvalue weighted by molar-refractivity contribution is 5.89. The lowest BCUT2D eigenvalue weighted by Gasteiger charge is -2.37. The fourth-order valence-corrected chi connectivity index (χ4v) is 2.61. The van der Waals surface area contributed by atoms with Crippen molar-refractivity contribution in [3.8, 4) is 0 Å². The van der Waals surface area contributed by atoms with E-state index in [2.05, 4.69) is 15.2 Å². The molecule has 0 radical (unpaired) electrons. The van der Waals surface area contributed by atoms with E-state index < -0.39 is 5.91 Å². The Hall–Kier alpha value is -2.51. The third kappa shape index (κ3) is 4.27. The molecule has 0 aromatic carbocycles. The molecule has 8 heteroatoms. The van der Waals surface area contributed by atoms with Crippen LogP contribution in [0.25, 0.3) is 0 Å². The molecule has 0 aliphatic carbocycles. The molecule has 0 spiro atoms. The van der Waals surface area contributed by atoms with Crippen molar-refractivity contribution in [3.05, 3.63) is 23.7 Å². The number of hydrogen-bond donors (Lipinski definition) is 2. The Kier molecular flexibility index (Phi) is 5.83. The second-order valence-electron chi connectivity index (χ2n) is 6.00. The number of aliphatic imine (C=N–C) groups is 1. The summed E-state index contributed by atoms with van der Waals surface area (Å²) in [5, 5.41) is 3.20. The summed E-state index contributed by atoms with van der Waals surface area (Å²) >= 11 is 0. The normalized spacial score (nSPS) is 15.8. The summed E-state index contributed by atoms with van der Waals surface area (Å²) in [5.41, 5.74) is 5.17. The molecule has 0 unspecified atom stereocenters. The number of furan rings is 1. The molecule has 1 aliphatic heterocycles. The topological polar surface area (TPSA) is 104 Å². The Balaban J connectivity index is 1.86. The van der Waals surface area contributed by atoms with Gasteiger partial charge in [0, 0.05) is 39.1 Å². The van der Waals surface area contributed by atoms with E-state index in [1.54, 1.807) is 19.2 Å². The standard InChI is InChI=1S/C16H25N5O3/c1-11(2)15(23)20-6-8-21(9-7-20)16(18-3)19-10-12-4-5-13(24-12)14(17)22/h4-5,11H,6-10H2,1-3H3,(H2,17,22)(H,18,19). The quantitative estimate of drug-likeness (QED) is 0.606. The molecule has 24 heavy (non-hydrogen) atoms. The molecular weight excluding hydrogens is 310 g/mol. The van der Waals surface area contributed by atoms with E-state index >= 15 is 0 Å². The van der Waals surface area contributed by atoms with Gasteiger partial charge in [0.25, 0.3) is 5.91 Å². The summed E-state index contributed by atoms with van der Waals surface area (Å²) < 4.78 is 5.34. The van der Waals surface area contributed by atoms with Crippen molar-refractivity contribution in [2.45, 2.75) is 20.4 Å². The Bertz CT molecular complexity index is 615. The van der Waals surface area contributed by atoms with Gasteiger partial charge in [-0.1, -0.05) is 13.8 Å². The molecule has 2 rings (SSSR count). The van der Waals surface area contributed by atoms with Gasteiger partial charge in [0.15, 0.2) is 11.7 Å². The first kappa shape index (κ1) is 17.8. The number of piperazine rings is 1. The highest BCUT2D eigenvalue weighted by Gasteiger charge is 2.24. The molecule has 1 aromatic heterocycles. The fraction of sp³-hybridized carbons (Fsp3) is 0.562. The van der Waals surface area contributed by atoms with Gasteiger partial charge in [-0.3, -0.25) is 14.6 Å². The van der Waals surface area contributed by atoms with Crippen LogP contribution in [-0.2, 0) is 11.3 Å². The van der Waals surface area contributed by atoms with E-state index in [1.807, 2.05) is 18.7 Å². The SMILES string of the molecule is CN=C(NCc1ccc(C(N)=O)o1)N1CCN(C(=O)C(C)C)CC1. The van der Waals surface area contributed by atoms with Crippen molar-refractivity contribution in [2.75, 3.05) is 33.2 Å². The fourth-order valence-electron chi connectivity index (χ4n) is 2.61. The number of rotatable bonds is 4. The molecular formula is C16H25N5O3. The van der Waals surface area contributed by atoms with E-state index in [1.165, 1.54) is 0 Å². The molecule has 2 amide bonds. The average Bonchev–Trinajstić information content (AvgIpc) is 3.04. The molecule has 3 N–H and O–H groups in total. The van der Waals surface area contributed by atoms with Crippen LogP contribution in [0.2, 0.25) is 0 Å². The van der Waals surface area contributed by atoms with Crippen molar-refractivity contribution in [1.82, 2.24) is 15.1 Å². The lowest BCUT2D eigenvalue weighted by Crippen LogP contribution is -2.54. The molecule has 1 aromatic rings. The van der Waals surface area contributed by atoms with Crippen molar-refractivity contribution >= 4 is 17.8 Å². The number of carbonyl (C=O) groups is 2. The zero-order valence-electron chi connectivity index (χ0n) is 14.4. The molecule has 132 valence electrons. The maximum absolute atomic E-state index is 12.0. The minimum atomic E-state index is -0.587. The summed E-state index contributed by atoms with van der Waals surface area (Å²) in [6.45, 7) is 7.06. The van der Waals surface area contributed by atoms with Crippen LogP contribution in [0, 0.1) is 5.92 Å². The van der Waals surface area contributed by atoms with Crippen molar-refractivity contribution in [1.29, 1.82) is 0 Å². The van der Waals surface area contributed by atoms with Gasteiger partial charge < -0.3 is 25.3 Å². The van der Waals surface area contributed by atoms with E-state index in [0.29, 0.717) is 25.4 Å². The molecule has 1 saturated heterocycles. The molecule has 8 nitrogen and oxygen atoms in total. The first-order valence-electron chi connectivity index (χ1n) is 8.05. The van der Waals surface area contributed by atoms with Crippen LogP contribution in [0.15, 0.2) is 21.5 Å². The number of amides is 2. The molecule has 1 fully saturated rings. The highest BCUT2D eigenvalue weighted by Crippen LogP contribution is 2.09. The van der Waals surface area contributed by atoms with Gasteiger partial charge >= 0.3 is 0 Å². The number of nitrogens with two attached hydrogens (primary N) is 1. The number of nitrogens with one attached hydrogen (secondary N) is 1. The summed E-state index contributed by atoms with van der Waals surface area (Å²) in [4.78, 5) is 31.3. The maximum Gasteiger partial charge on any atom is 0.284 e. The lowest BCUT2D eigenvalue weighted by atomic mass is 10.1. The van der Waals surface area contributed by atoms with Crippen LogP contribution < -0.4 is 11.1 Å². The largest absolute Gasteiger partial charge is 0.454 e. The van der Waals surface area contributed by atoms with E-state index in [-0.39, 0.29) is 17.6 Å². The third-order valence-corrected chi connectivity index (χ3v) is 3.92. The van der Waals surface area contributed by atoms with Crippen LogP contribution in [0.1, 0.15) is 30.2 Å². The Labute approximate surface area is 141 Å². The zero-order valence-corrected chi connectivity index (χ0v) is 14.4. The second kappa shape index (κ2) is 7.85. The van der Waals surface area contributed by atoms with Gasteiger partial charge in [-0.2, -0.15) is 0 Å². The summed E-state index contributed by atoms with van der Waals surface area (Å²) in [7, 11) is 1.71. The molecule has 0 atom stereocenters. The lowest BCUT2D eigenvalue weighted by molar-refractivity contribution is -0.135. The van der Waals surface area contributed by atoms with E-state index in [9.17, 15) is 9.59 Å². The van der Waals surface area contributed by atoms with Gasteiger partial charge in [0.1, 0.15) is 5.76 Å². The van der Waals surface area contributed by atoms with Crippen molar-refractivity contribution in [3.63, 3.8) is 0 Å². The minimum Gasteiger partial charge on any atom is -0.454 e. The van der Waals surface area contributed by atoms with E-state index in [4.69, 9.17) is 10.2 Å². The molecule has 2 heterocycles. The van der Waals surface area contributed by atoms with Crippen molar-refractivity contribution in [2.24, 2.45) is 16.6 Å². The summed E-state index contributed by atoms with van der Waals surface area (Å²) in [5.74, 6) is 1.11. The van der Waals surface area contributed by atoms with Gasteiger partial charge in [-0.15, -0.1) is 0 Å². The zero-order chi connectivity index (χ0) is 17.7. The number of hydrogen-bond acceptors (Lipinski definition) is 4. The van der Waals surface area contributed by atoms with E-state index in [0.717, 1.165) is 19.0 Å². The minimum absolute atomic E-state index is 0.0207. The maximum atomic E-state index is 12.0. The first-order chi connectivity index (χ1) is 11.4. The number of primary amides is 1. The Morgan fingerprint density at radius 3 is 2.38 bits per heavy atom. The van der Waals surface area contributed by atoms with Crippen molar-refractivity contribution < 1.29 is 14.0 Å². The van der Waals surface area contributed by atoms with Crippen LogP contribution >= 0.6 is 0 Å². The number of carbonyl (C=O) groups excluding carboxylic acids is 2. The smallest absolute Gasteiger partial charge is 0.284 e. The molecule has 1 aliphatic rings. The van der Waals surface area contributed by atoms with Crippen LogP contribution in [-0.4, -0.2) is 60.8 Å². The van der Waals surface area contributed by atoms with Gasteiger partial charge in [0.2, 0.25) is 5.91 Å². The van der Waals surface area contributed by atoms with Crippen LogP contribution in [0.5, 0.6) is 0 Å². The number of guanidine groups is 1. The predicted molar refractivity (Wildman–Crippen MR) is 90.4 cm³/mol. The molecule has 0 saturated carbocycles. The van der Waals surface area contributed by atoms with Crippen LogP contribution in [0.4, 0.5) is 0 Å². The Morgan fingerprint density at radius 1 is 1.25 bits per heavy atom. The second-order valence-corrected chi connectivity index (χ2v) is 6.00. The third-order valence-electron chi connectivity index (χ3n) is 3.92. The monoisotopic (exact) mass is 335 g/mol. The number of nitrogens with zero attached hydrogens (tertiary/aromatic N) is 3. The molecule has 0 bridgehead atoms. The summed E-state index contributed by atoms with van der Waals surface area (Å²) in [6, 6.07) is 3.26. The predicted octanol–water partition coefficient (Wildman–Crippen LogP) is 0.254. The van der Waals surface area contributed by atoms with Gasteiger partial charge in [0.05, 0.1) is 6.54 Å². The average molecular weight is 335 g/mol.